The van der Waals surface area contributed by atoms with Gasteiger partial charge in [-0.25, -0.2) is 4.99 Å². The lowest BCUT2D eigenvalue weighted by molar-refractivity contribution is -0.119. The molecule has 92 valence electrons. The average molecular weight is 338 g/mol. The van der Waals surface area contributed by atoms with Crippen LogP contribution in [0.4, 0.5) is 0 Å². The fourth-order valence-electron chi connectivity index (χ4n) is 0.786. The maximum Gasteiger partial charge on any atom is 0.242 e. The van der Waals surface area contributed by atoms with Crippen molar-refractivity contribution in [3.05, 3.63) is 0 Å². The number of terminal acetylenes is 1. The van der Waals surface area contributed by atoms with Crippen LogP contribution >= 0.6 is 24.0 Å². The minimum Gasteiger partial charge on any atom is -0.370 e. The molecule has 0 aliphatic rings. The van der Waals surface area contributed by atoms with E-state index in [1.165, 1.54) is 0 Å². The first-order valence-electron chi connectivity index (χ1n) is 4.63. The number of hydrogen-bond acceptors (Lipinski definition) is 2. The van der Waals surface area contributed by atoms with Gasteiger partial charge in [0.05, 0.1) is 6.54 Å². The summed E-state index contributed by atoms with van der Waals surface area (Å²) in [7, 11) is 0. The van der Waals surface area contributed by atoms with Crippen LogP contribution in [0.3, 0.4) is 0 Å². The summed E-state index contributed by atoms with van der Waals surface area (Å²) in [5, 5.41) is 5.42. The highest BCUT2D eigenvalue weighted by Gasteiger charge is 2.09. The van der Waals surface area contributed by atoms with Gasteiger partial charge in [0.2, 0.25) is 5.91 Å². The lowest BCUT2D eigenvalue weighted by Gasteiger charge is -2.20. The molecule has 0 spiro atoms. The monoisotopic (exact) mass is 338 g/mol. The minimum atomic E-state index is -0.244. The van der Waals surface area contributed by atoms with Crippen LogP contribution in [-0.4, -0.2) is 30.5 Å². The van der Waals surface area contributed by atoms with Gasteiger partial charge in [-0.05, 0) is 20.8 Å². The zero-order valence-corrected chi connectivity index (χ0v) is 12.2. The second-order valence-electron chi connectivity index (χ2n) is 4.06. The summed E-state index contributed by atoms with van der Waals surface area (Å²) in [4.78, 5) is 14.9. The van der Waals surface area contributed by atoms with Crippen molar-refractivity contribution in [3.63, 3.8) is 0 Å². The topological polar surface area (TPSA) is 79.5 Å². The Morgan fingerprint density at radius 2 is 2.06 bits per heavy atom. The molecular weight excluding hydrogens is 319 g/mol. The van der Waals surface area contributed by atoms with Crippen molar-refractivity contribution in [1.29, 1.82) is 0 Å². The number of nitrogens with one attached hydrogen (secondary N) is 2. The molecular formula is C10H19IN4O. The predicted molar refractivity (Wildman–Crippen MR) is 76.6 cm³/mol. The molecule has 0 heterocycles. The number of guanidine groups is 1. The van der Waals surface area contributed by atoms with Crippen molar-refractivity contribution in [2.24, 2.45) is 10.7 Å². The van der Waals surface area contributed by atoms with Gasteiger partial charge in [0.15, 0.2) is 5.96 Å². The standard InChI is InChI=1S/C10H18N4O.HI/c1-5-6-12-8(15)7-13-9(11)14-10(2,3)4;/h1H,6-7H2,2-4H3,(H,12,15)(H3,11,13,14);1H. The van der Waals surface area contributed by atoms with E-state index in [1.54, 1.807) is 0 Å². The molecule has 0 aliphatic heterocycles. The molecule has 0 atom stereocenters. The number of carbonyl (C=O) groups excluding carboxylic acids is 1. The second-order valence-corrected chi connectivity index (χ2v) is 4.06. The van der Waals surface area contributed by atoms with Crippen molar-refractivity contribution in [2.75, 3.05) is 13.1 Å². The summed E-state index contributed by atoms with van der Waals surface area (Å²) in [6.45, 7) is 6.05. The molecule has 16 heavy (non-hydrogen) atoms. The van der Waals surface area contributed by atoms with E-state index in [-0.39, 0.29) is 54.5 Å². The fourth-order valence-corrected chi connectivity index (χ4v) is 0.786. The van der Waals surface area contributed by atoms with E-state index in [0.29, 0.717) is 0 Å². The molecule has 0 fully saturated rings. The maximum atomic E-state index is 11.1. The second kappa shape index (κ2) is 8.21. The van der Waals surface area contributed by atoms with Crippen molar-refractivity contribution in [2.45, 2.75) is 26.3 Å². The highest BCUT2D eigenvalue weighted by atomic mass is 127. The van der Waals surface area contributed by atoms with Crippen LogP contribution in [0.1, 0.15) is 20.8 Å². The first-order valence-corrected chi connectivity index (χ1v) is 4.63. The van der Waals surface area contributed by atoms with E-state index in [0.717, 1.165) is 0 Å². The highest BCUT2D eigenvalue weighted by Crippen LogP contribution is 1.96. The van der Waals surface area contributed by atoms with Crippen molar-refractivity contribution in [1.82, 2.24) is 10.6 Å². The molecule has 0 bridgehead atoms. The Morgan fingerprint density at radius 3 is 2.50 bits per heavy atom. The zero-order valence-electron chi connectivity index (χ0n) is 9.83. The SMILES string of the molecule is C#CCNC(=O)CN=C(N)NC(C)(C)C.I. The molecule has 0 saturated heterocycles. The van der Waals surface area contributed by atoms with Gasteiger partial charge in [-0.1, -0.05) is 5.92 Å². The van der Waals surface area contributed by atoms with Crippen LogP contribution in [0.15, 0.2) is 4.99 Å². The molecule has 6 heteroatoms. The number of aliphatic imine (C=N–C) groups is 1. The van der Waals surface area contributed by atoms with E-state index >= 15 is 0 Å². The number of rotatable bonds is 3. The third-order valence-electron chi connectivity index (χ3n) is 1.28. The van der Waals surface area contributed by atoms with Crippen LogP contribution in [0.25, 0.3) is 0 Å². The van der Waals surface area contributed by atoms with Crippen molar-refractivity contribution < 1.29 is 4.79 Å². The predicted octanol–water partition coefficient (Wildman–Crippen LogP) is 0.0566. The first-order chi connectivity index (χ1) is 6.85. The number of nitrogens with zero attached hydrogens (tertiary/aromatic N) is 1. The van der Waals surface area contributed by atoms with E-state index in [4.69, 9.17) is 12.2 Å². The number of carbonyl (C=O) groups is 1. The number of nitrogens with two attached hydrogens (primary N) is 1. The Hall–Kier alpha value is -0.970. The van der Waals surface area contributed by atoms with E-state index in [2.05, 4.69) is 21.5 Å². The van der Waals surface area contributed by atoms with Gasteiger partial charge in [0, 0.05) is 5.54 Å². The average Bonchev–Trinajstić information content (AvgIpc) is 2.08. The maximum absolute atomic E-state index is 11.1. The van der Waals surface area contributed by atoms with Gasteiger partial charge in [0.25, 0.3) is 0 Å². The van der Waals surface area contributed by atoms with Crippen LogP contribution in [0.2, 0.25) is 0 Å². The van der Waals surface area contributed by atoms with Crippen molar-refractivity contribution in [3.8, 4) is 12.3 Å². The molecule has 0 rings (SSSR count). The van der Waals surface area contributed by atoms with Gasteiger partial charge in [-0.15, -0.1) is 30.4 Å². The largest absolute Gasteiger partial charge is 0.370 e. The summed E-state index contributed by atoms with van der Waals surface area (Å²) >= 11 is 0. The van der Waals surface area contributed by atoms with E-state index < -0.39 is 0 Å². The normalized spacial score (nSPS) is 11.0. The molecule has 0 radical (unpaired) electrons. The molecule has 5 nitrogen and oxygen atoms in total. The Balaban J connectivity index is 0. The molecule has 1 amide bonds. The van der Waals surface area contributed by atoms with Gasteiger partial charge in [0.1, 0.15) is 6.54 Å². The Bertz CT molecular complexity index is 288. The number of hydrogen-bond donors (Lipinski definition) is 3. The van der Waals surface area contributed by atoms with Gasteiger partial charge < -0.3 is 16.4 Å². The third kappa shape index (κ3) is 11.1. The summed E-state index contributed by atoms with van der Waals surface area (Å²) in [5.74, 6) is 2.30. The quantitative estimate of drug-likeness (QED) is 0.295. The third-order valence-corrected chi connectivity index (χ3v) is 1.28. The van der Waals surface area contributed by atoms with Crippen molar-refractivity contribution >= 4 is 35.8 Å². The molecule has 0 aromatic carbocycles. The Labute approximate surface area is 114 Å². The van der Waals surface area contributed by atoms with Crippen LogP contribution in [0, 0.1) is 12.3 Å². The lowest BCUT2D eigenvalue weighted by Crippen LogP contribution is -2.45. The van der Waals surface area contributed by atoms with Gasteiger partial charge in [-0.3, -0.25) is 4.79 Å². The Kier molecular flexibility index (Phi) is 8.95. The van der Waals surface area contributed by atoms with Crippen LogP contribution in [0.5, 0.6) is 0 Å². The van der Waals surface area contributed by atoms with Gasteiger partial charge >= 0.3 is 0 Å². The minimum absolute atomic E-state index is 0. The summed E-state index contributed by atoms with van der Waals surface area (Å²) in [6.07, 6.45) is 4.98. The molecule has 0 aliphatic carbocycles. The van der Waals surface area contributed by atoms with Crippen LogP contribution in [-0.2, 0) is 4.79 Å². The summed E-state index contributed by atoms with van der Waals surface area (Å²) in [6, 6.07) is 0. The van der Waals surface area contributed by atoms with E-state index in [9.17, 15) is 4.79 Å². The number of halogens is 1. The Morgan fingerprint density at radius 1 is 1.50 bits per heavy atom. The fraction of sp³-hybridized carbons (Fsp3) is 0.600. The molecule has 0 unspecified atom stereocenters. The lowest BCUT2D eigenvalue weighted by atomic mass is 10.1. The summed E-state index contributed by atoms with van der Waals surface area (Å²) < 4.78 is 0. The van der Waals surface area contributed by atoms with Crippen LogP contribution < -0.4 is 16.4 Å². The van der Waals surface area contributed by atoms with E-state index in [1.807, 2.05) is 20.8 Å². The molecule has 4 N–H and O–H groups in total. The first kappa shape index (κ1) is 17.4. The smallest absolute Gasteiger partial charge is 0.242 e. The summed E-state index contributed by atoms with van der Waals surface area (Å²) in [5.41, 5.74) is 5.39. The molecule has 0 aromatic heterocycles. The molecule has 0 aromatic rings. The van der Waals surface area contributed by atoms with Gasteiger partial charge in [-0.2, -0.15) is 0 Å². The molecule has 0 saturated carbocycles. The zero-order chi connectivity index (χ0) is 11.9. The number of amides is 1. The highest BCUT2D eigenvalue weighted by molar-refractivity contribution is 14.0.